The Balaban J connectivity index is 1.65. The van der Waals surface area contributed by atoms with Gasteiger partial charge in [0.05, 0.1) is 23.1 Å². The zero-order chi connectivity index (χ0) is 22.0. The lowest BCUT2D eigenvalue weighted by Gasteiger charge is -2.19. The van der Waals surface area contributed by atoms with Crippen LogP contribution in [0.5, 0.6) is 0 Å². The van der Waals surface area contributed by atoms with Crippen LogP contribution in [0, 0.1) is 0 Å². The van der Waals surface area contributed by atoms with Crippen LogP contribution in [0.25, 0.3) is 11.0 Å². The summed E-state index contributed by atoms with van der Waals surface area (Å²) < 4.78 is 28.2. The lowest BCUT2D eigenvalue weighted by atomic mass is 9.97. The zero-order valence-corrected chi connectivity index (χ0v) is 16.7. The molecule has 0 aliphatic carbocycles. The van der Waals surface area contributed by atoms with Crippen molar-refractivity contribution in [3.63, 3.8) is 0 Å². The molecule has 0 aliphatic heterocycles. The number of carbonyl (C=O) groups excluding carboxylic acids is 2. The maximum absolute atomic E-state index is 13.7. The highest BCUT2D eigenvalue weighted by Crippen LogP contribution is 2.24. The van der Waals surface area contributed by atoms with Gasteiger partial charge >= 0.3 is 6.55 Å². The van der Waals surface area contributed by atoms with Crippen LogP contribution in [0.3, 0.4) is 0 Å². The molecule has 0 saturated heterocycles. The highest BCUT2D eigenvalue weighted by Gasteiger charge is 2.24. The predicted octanol–water partition coefficient (Wildman–Crippen LogP) is 4.93. The lowest BCUT2D eigenvalue weighted by molar-refractivity contribution is 0.0645. The molecule has 1 heterocycles. The summed E-state index contributed by atoms with van der Waals surface area (Å²) in [7, 11) is 1.50. The summed E-state index contributed by atoms with van der Waals surface area (Å²) in [4.78, 5) is 31.6. The number of benzene rings is 3. The first-order chi connectivity index (χ1) is 15.0. The number of para-hydroxylation sites is 2. The molecule has 0 bridgehead atoms. The molecule has 0 atom stereocenters. The van der Waals surface area contributed by atoms with E-state index in [4.69, 9.17) is 0 Å². The third-order valence-electron chi connectivity index (χ3n) is 5.03. The minimum absolute atomic E-state index is 0.0684. The molecule has 7 heteroatoms. The number of alkyl halides is 2. The number of imidazole rings is 1. The average Bonchev–Trinajstić information content (AvgIpc) is 3.16. The average molecular weight is 419 g/mol. The minimum Gasteiger partial charge on any atom is -0.334 e. The van der Waals surface area contributed by atoms with Crippen LogP contribution in [0.15, 0.2) is 78.9 Å². The Morgan fingerprint density at radius 2 is 1.52 bits per heavy atom. The number of halogens is 2. The van der Waals surface area contributed by atoms with Gasteiger partial charge in [-0.25, -0.2) is 4.98 Å². The molecule has 0 radical (unpaired) electrons. The van der Waals surface area contributed by atoms with Crippen molar-refractivity contribution in [2.45, 2.75) is 13.1 Å². The minimum atomic E-state index is -2.79. The molecule has 1 aromatic heterocycles. The van der Waals surface area contributed by atoms with Gasteiger partial charge in [-0.3, -0.25) is 14.2 Å². The van der Waals surface area contributed by atoms with E-state index in [2.05, 4.69) is 4.98 Å². The van der Waals surface area contributed by atoms with E-state index in [-0.39, 0.29) is 29.3 Å². The van der Waals surface area contributed by atoms with Crippen LogP contribution >= 0.6 is 0 Å². The van der Waals surface area contributed by atoms with Gasteiger partial charge in [0.25, 0.3) is 5.91 Å². The highest BCUT2D eigenvalue weighted by atomic mass is 19.3. The third kappa shape index (κ3) is 3.94. The maximum atomic E-state index is 13.7. The second-order valence-corrected chi connectivity index (χ2v) is 7.07. The van der Waals surface area contributed by atoms with Crippen molar-refractivity contribution in [2.24, 2.45) is 0 Å². The number of carbonyl (C=O) groups is 2. The number of hydrogen-bond donors (Lipinski definition) is 0. The monoisotopic (exact) mass is 419 g/mol. The fourth-order valence-electron chi connectivity index (χ4n) is 3.53. The van der Waals surface area contributed by atoms with Crippen molar-refractivity contribution < 1.29 is 18.4 Å². The van der Waals surface area contributed by atoms with Crippen LogP contribution < -0.4 is 0 Å². The summed E-state index contributed by atoms with van der Waals surface area (Å²) in [6.45, 7) is -2.93. The molecule has 3 aromatic carbocycles. The van der Waals surface area contributed by atoms with Gasteiger partial charge in [0, 0.05) is 18.2 Å². The first-order valence-corrected chi connectivity index (χ1v) is 9.65. The van der Waals surface area contributed by atoms with Gasteiger partial charge in [0.2, 0.25) is 0 Å². The number of ketones is 1. The normalized spacial score (nSPS) is 11.1. The van der Waals surface area contributed by atoms with Gasteiger partial charge in [-0.05, 0) is 18.2 Å². The number of amides is 1. The van der Waals surface area contributed by atoms with Crippen molar-refractivity contribution >= 4 is 22.7 Å². The molecule has 0 N–H and O–H groups in total. The standard InChI is InChI=1S/C24H19F2N3O2/c1-28(15-21-27-19-13-7-8-14-20(19)29(21)24(25)26)23(31)18-12-6-5-11-17(18)22(30)16-9-3-2-4-10-16/h2-14,24H,15H2,1H3. The summed E-state index contributed by atoms with van der Waals surface area (Å²) in [6, 6.07) is 21.7. The first kappa shape index (κ1) is 20.4. The van der Waals surface area contributed by atoms with Gasteiger partial charge in [0.1, 0.15) is 5.82 Å². The SMILES string of the molecule is CN(Cc1nc2ccccc2n1C(F)F)C(=O)c1ccccc1C(=O)c1ccccc1. The molecule has 31 heavy (non-hydrogen) atoms. The quantitative estimate of drug-likeness (QED) is 0.416. The number of rotatable bonds is 6. The number of hydrogen-bond acceptors (Lipinski definition) is 3. The maximum Gasteiger partial charge on any atom is 0.320 e. The Morgan fingerprint density at radius 3 is 2.23 bits per heavy atom. The molecule has 0 aliphatic rings. The molecule has 0 unspecified atom stereocenters. The van der Waals surface area contributed by atoms with Gasteiger partial charge < -0.3 is 4.90 Å². The van der Waals surface area contributed by atoms with Gasteiger partial charge in [-0.15, -0.1) is 0 Å². The van der Waals surface area contributed by atoms with E-state index < -0.39 is 12.5 Å². The second kappa shape index (κ2) is 8.47. The van der Waals surface area contributed by atoms with Crippen molar-refractivity contribution in [3.8, 4) is 0 Å². The van der Waals surface area contributed by atoms with Gasteiger partial charge in [-0.1, -0.05) is 60.7 Å². The third-order valence-corrected chi connectivity index (χ3v) is 5.03. The molecule has 156 valence electrons. The van der Waals surface area contributed by atoms with Crippen molar-refractivity contribution in [3.05, 3.63) is 101 Å². The Bertz CT molecular complexity index is 1250. The van der Waals surface area contributed by atoms with E-state index in [1.165, 1.54) is 11.9 Å². The van der Waals surface area contributed by atoms with Crippen LogP contribution in [0.1, 0.15) is 38.7 Å². The van der Waals surface area contributed by atoms with E-state index >= 15 is 0 Å². The van der Waals surface area contributed by atoms with E-state index in [9.17, 15) is 18.4 Å². The summed E-state index contributed by atoms with van der Waals surface area (Å²) in [5.41, 5.74) is 1.66. The number of aromatic nitrogens is 2. The largest absolute Gasteiger partial charge is 0.334 e. The molecule has 4 aromatic rings. The van der Waals surface area contributed by atoms with Crippen LogP contribution in [0.4, 0.5) is 8.78 Å². The number of nitrogens with zero attached hydrogens (tertiary/aromatic N) is 3. The van der Waals surface area contributed by atoms with Crippen molar-refractivity contribution in [2.75, 3.05) is 7.05 Å². The summed E-state index contributed by atoms with van der Waals surface area (Å²) >= 11 is 0. The van der Waals surface area contributed by atoms with Gasteiger partial charge in [-0.2, -0.15) is 8.78 Å². The van der Waals surface area contributed by atoms with E-state index in [1.54, 1.807) is 78.9 Å². The molecule has 1 amide bonds. The molecule has 0 saturated carbocycles. The van der Waals surface area contributed by atoms with E-state index in [0.717, 1.165) is 4.57 Å². The number of fused-ring (bicyclic) bond motifs is 1. The Labute approximate surface area is 177 Å². The van der Waals surface area contributed by atoms with Crippen LogP contribution in [-0.2, 0) is 6.54 Å². The molecular weight excluding hydrogens is 400 g/mol. The zero-order valence-electron chi connectivity index (χ0n) is 16.7. The predicted molar refractivity (Wildman–Crippen MR) is 113 cm³/mol. The smallest absolute Gasteiger partial charge is 0.320 e. The Morgan fingerprint density at radius 1 is 0.903 bits per heavy atom. The molecule has 0 fully saturated rings. The van der Waals surface area contributed by atoms with Crippen molar-refractivity contribution in [1.29, 1.82) is 0 Å². The molecule has 5 nitrogen and oxygen atoms in total. The molecular formula is C24H19F2N3O2. The Kier molecular flexibility index (Phi) is 5.58. The van der Waals surface area contributed by atoms with E-state index in [1.807, 2.05) is 0 Å². The fraction of sp³-hybridized carbons (Fsp3) is 0.125. The fourth-order valence-corrected chi connectivity index (χ4v) is 3.53. The Hall–Kier alpha value is -3.87. The summed E-state index contributed by atoms with van der Waals surface area (Å²) in [6.07, 6.45) is 0. The van der Waals surface area contributed by atoms with Crippen LogP contribution in [-0.4, -0.2) is 33.2 Å². The first-order valence-electron chi connectivity index (χ1n) is 9.65. The van der Waals surface area contributed by atoms with Gasteiger partial charge in [0.15, 0.2) is 5.78 Å². The van der Waals surface area contributed by atoms with Crippen LogP contribution in [0.2, 0.25) is 0 Å². The highest BCUT2D eigenvalue weighted by molar-refractivity contribution is 6.15. The topological polar surface area (TPSA) is 55.2 Å². The molecule has 4 rings (SSSR count). The summed E-state index contributed by atoms with van der Waals surface area (Å²) in [5.74, 6) is -0.663. The second-order valence-electron chi connectivity index (χ2n) is 7.07. The molecule has 0 spiro atoms. The lowest BCUT2D eigenvalue weighted by Crippen LogP contribution is -2.29. The van der Waals surface area contributed by atoms with E-state index in [0.29, 0.717) is 16.6 Å². The summed E-state index contributed by atoms with van der Waals surface area (Å²) in [5, 5.41) is 0. The van der Waals surface area contributed by atoms with Crippen molar-refractivity contribution in [1.82, 2.24) is 14.5 Å².